The SMILES string of the molecule is CCn1cc(NS(=O)(=O)c2ccc(F)c(C(=O)O)c2)cn1. The maximum absolute atomic E-state index is 13.3. The van der Waals surface area contributed by atoms with Gasteiger partial charge in [0.25, 0.3) is 10.0 Å². The van der Waals surface area contributed by atoms with Gasteiger partial charge in [0, 0.05) is 12.7 Å². The predicted molar refractivity (Wildman–Crippen MR) is 72.1 cm³/mol. The number of carbonyl (C=O) groups is 1. The van der Waals surface area contributed by atoms with Gasteiger partial charge in [0.05, 0.1) is 22.3 Å². The number of halogens is 1. The molecule has 0 aliphatic carbocycles. The van der Waals surface area contributed by atoms with Gasteiger partial charge in [0.1, 0.15) is 5.82 Å². The van der Waals surface area contributed by atoms with Gasteiger partial charge < -0.3 is 5.11 Å². The third-order valence-corrected chi connectivity index (χ3v) is 4.07. The van der Waals surface area contributed by atoms with Crippen molar-refractivity contribution < 1.29 is 22.7 Å². The maximum Gasteiger partial charge on any atom is 0.338 e. The third kappa shape index (κ3) is 3.19. The van der Waals surface area contributed by atoms with E-state index in [1.54, 1.807) is 0 Å². The number of hydrogen-bond donors (Lipinski definition) is 2. The Morgan fingerprint density at radius 1 is 1.48 bits per heavy atom. The van der Waals surface area contributed by atoms with E-state index in [4.69, 9.17) is 5.11 Å². The lowest BCUT2D eigenvalue weighted by Gasteiger charge is -2.07. The first kappa shape index (κ1) is 15.0. The zero-order chi connectivity index (χ0) is 15.6. The summed E-state index contributed by atoms with van der Waals surface area (Å²) in [4.78, 5) is 10.5. The summed E-state index contributed by atoms with van der Waals surface area (Å²) in [5, 5.41) is 12.7. The number of aromatic carboxylic acids is 1. The second-order valence-corrected chi connectivity index (χ2v) is 5.82. The fraction of sp³-hybridized carbons (Fsp3) is 0.167. The van der Waals surface area contributed by atoms with E-state index >= 15 is 0 Å². The second-order valence-electron chi connectivity index (χ2n) is 4.14. The van der Waals surface area contributed by atoms with E-state index in [-0.39, 0.29) is 10.6 Å². The first-order valence-electron chi connectivity index (χ1n) is 5.91. The van der Waals surface area contributed by atoms with Crippen molar-refractivity contribution in [2.45, 2.75) is 18.4 Å². The molecule has 2 rings (SSSR count). The van der Waals surface area contributed by atoms with Crippen molar-refractivity contribution in [2.24, 2.45) is 0 Å². The van der Waals surface area contributed by atoms with Crippen molar-refractivity contribution in [3.63, 3.8) is 0 Å². The normalized spacial score (nSPS) is 11.3. The first-order valence-corrected chi connectivity index (χ1v) is 7.40. The summed E-state index contributed by atoms with van der Waals surface area (Å²) in [6.07, 6.45) is 2.81. The van der Waals surface area contributed by atoms with Gasteiger partial charge in [-0.05, 0) is 25.1 Å². The van der Waals surface area contributed by atoms with Gasteiger partial charge in [-0.25, -0.2) is 17.6 Å². The van der Waals surface area contributed by atoms with Crippen molar-refractivity contribution in [3.8, 4) is 0 Å². The smallest absolute Gasteiger partial charge is 0.338 e. The summed E-state index contributed by atoms with van der Waals surface area (Å²) in [5.74, 6) is -2.54. The van der Waals surface area contributed by atoms with Crippen LogP contribution >= 0.6 is 0 Å². The van der Waals surface area contributed by atoms with Crippen LogP contribution in [-0.4, -0.2) is 29.3 Å². The van der Waals surface area contributed by atoms with E-state index in [1.807, 2.05) is 6.92 Å². The van der Waals surface area contributed by atoms with Crippen LogP contribution in [0.3, 0.4) is 0 Å². The fourth-order valence-corrected chi connectivity index (χ4v) is 2.69. The Labute approximate surface area is 120 Å². The molecule has 0 radical (unpaired) electrons. The Kier molecular flexibility index (Phi) is 3.94. The minimum atomic E-state index is -4.01. The number of nitrogens with zero attached hydrogens (tertiary/aromatic N) is 2. The van der Waals surface area contributed by atoms with E-state index in [1.165, 1.54) is 17.1 Å². The Morgan fingerprint density at radius 2 is 2.19 bits per heavy atom. The summed E-state index contributed by atoms with van der Waals surface area (Å²) in [6.45, 7) is 2.41. The number of nitrogens with one attached hydrogen (secondary N) is 1. The average molecular weight is 313 g/mol. The van der Waals surface area contributed by atoms with Crippen LogP contribution in [0.2, 0.25) is 0 Å². The molecule has 112 valence electrons. The zero-order valence-electron chi connectivity index (χ0n) is 10.9. The number of aromatic nitrogens is 2. The van der Waals surface area contributed by atoms with Crippen molar-refractivity contribution in [1.29, 1.82) is 0 Å². The number of hydrogen-bond acceptors (Lipinski definition) is 4. The quantitative estimate of drug-likeness (QED) is 0.872. The van der Waals surface area contributed by atoms with Gasteiger partial charge in [0.15, 0.2) is 0 Å². The lowest BCUT2D eigenvalue weighted by molar-refractivity contribution is 0.0691. The molecule has 9 heteroatoms. The van der Waals surface area contributed by atoms with Crippen LogP contribution in [0.15, 0.2) is 35.5 Å². The molecule has 2 N–H and O–H groups in total. The molecule has 0 fully saturated rings. The van der Waals surface area contributed by atoms with Gasteiger partial charge in [-0.2, -0.15) is 5.10 Å². The van der Waals surface area contributed by atoms with E-state index in [0.29, 0.717) is 6.54 Å². The summed E-state index contributed by atoms with van der Waals surface area (Å²) < 4.78 is 41.3. The van der Waals surface area contributed by atoms with Crippen LogP contribution in [0, 0.1) is 5.82 Å². The molecule has 0 bridgehead atoms. The van der Waals surface area contributed by atoms with E-state index < -0.39 is 27.4 Å². The number of carboxylic acids is 1. The average Bonchev–Trinajstić information content (AvgIpc) is 2.85. The lowest BCUT2D eigenvalue weighted by atomic mass is 10.2. The minimum Gasteiger partial charge on any atom is -0.478 e. The van der Waals surface area contributed by atoms with Gasteiger partial charge in [-0.1, -0.05) is 0 Å². The van der Waals surface area contributed by atoms with E-state index in [0.717, 1.165) is 18.2 Å². The number of anilines is 1. The molecule has 0 aliphatic heterocycles. The van der Waals surface area contributed by atoms with Crippen LogP contribution in [0.4, 0.5) is 10.1 Å². The van der Waals surface area contributed by atoms with Crippen molar-refractivity contribution in [1.82, 2.24) is 9.78 Å². The van der Waals surface area contributed by atoms with Crippen LogP contribution in [-0.2, 0) is 16.6 Å². The number of benzene rings is 1. The maximum atomic E-state index is 13.3. The molecule has 1 aromatic carbocycles. The van der Waals surface area contributed by atoms with Crippen LogP contribution in [0.25, 0.3) is 0 Å². The fourth-order valence-electron chi connectivity index (χ4n) is 1.64. The molecule has 0 unspecified atom stereocenters. The van der Waals surface area contributed by atoms with Gasteiger partial charge in [0.2, 0.25) is 0 Å². The molecular formula is C12H12FN3O4S. The molecule has 2 aromatic rings. The minimum absolute atomic E-state index is 0.234. The molecule has 1 aromatic heterocycles. The first-order chi connectivity index (χ1) is 9.83. The standard InChI is InChI=1S/C12H12FN3O4S/c1-2-16-7-8(6-14-16)15-21(19,20)9-3-4-11(13)10(5-9)12(17)18/h3-7,15H,2H2,1H3,(H,17,18). The largest absolute Gasteiger partial charge is 0.478 e. The topological polar surface area (TPSA) is 101 Å². The van der Waals surface area contributed by atoms with E-state index in [9.17, 15) is 17.6 Å². The predicted octanol–water partition coefficient (Wildman–Crippen LogP) is 1.54. The Bertz CT molecular complexity index is 786. The van der Waals surface area contributed by atoms with Crippen molar-refractivity contribution in [3.05, 3.63) is 42.0 Å². The van der Waals surface area contributed by atoms with Crippen LogP contribution < -0.4 is 4.72 Å². The van der Waals surface area contributed by atoms with E-state index in [2.05, 4.69) is 9.82 Å². The highest BCUT2D eigenvalue weighted by atomic mass is 32.2. The number of rotatable bonds is 5. The molecule has 0 saturated heterocycles. The third-order valence-electron chi connectivity index (χ3n) is 2.69. The summed E-state index contributed by atoms with van der Waals surface area (Å²) in [6, 6.07) is 2.56. The highest BCUT2D eigenvalue weighted by Crippen LogP contribution is 2.18. The van der Waals surface area contributed by atoms with Gasteiger partial charge >= 0.3 is 5.97 Å². The molecule has 0 saturated carbocycles. The Morgan fingerprint density at radius 3 is 2.76 bits per heavy atom. The van der Waals surface area contributed by atoms with Crippen molar-refractivity contribution in [2.75, 3.05) is 4.72 Å². The van der Waals surface area contributed by atoms with Crippen molar-refractivity contribution >= 4 is 21.7 Å². The second kappa shape index (κ2) is 5.52. The zero-order valence-corrected chi connectivity index (χ0v) is 11.8. The monoisotopic (exact) mass is 313 g/mol. The molecule has 0 spiro atoms. The number of sulfonamides is 1. The van der Waals surface area contributed by atoms with Crippen LogP contribution in [0.1, 0.15) is 17.3 Å². The highest BCUT2D eigenvalue weighted by Gasteiger charge is 2.19. The highest BCUT2D eigenvalue weighted by molar-refractivity contribution is 7.92. The Hall–Kier alpha value is -2.42. The molecule has 0 amide bonds. The number of carboxylic acid groups (broad SMARTS) is 1. The Balaban J connectivity index is 2.35. The van der Waals surface area contributed by atoms with Gasteiger partial charge in [-0.3, -0.25) is 9.40 Å². The van der Waals surface area contributed by atoms with Gasteiger partial charge in [-0.15, -0.1) is 0 Å². The summed E-state index contributed by atoms with van der Waals surface area (Å²) in [7, 11) is -4.01. The molecule has 0 atom stereocenters. The summed E-state index contributed by atoms with van der Waals surface area (Å²) >= 11 is 0. The summed E-state index contributed by atoms with van der Waals surface area (Å²) in [5.41, 5.74) is -0.472. The molecule has 7 nitrogen and oxygen atoms in total. The van der Waals surface area contributed by atoms with Crippen LogP contribution in [0.5, 0.6) is 0 Å². The number of aryl methyl sites for hydroxylation is 1. The molecule has 1 heterocycles. The lowest BCUT2D eigenvalue weighted by Crippen LogP contribution is -2.14. The molecular weight excluding hydrogens is 301 g/mol. The molecule has 0 aliphatic rings. The molecule has 21 heavy (non-hydrogen) atoms.